The van der Waals surface area contributed by atoms with Gasteiger partial charge in [-0.15, -0.1) is 0 Å². The van der Waals surface area contributed by atoms with Crippen molar-refractivity contribution in [2.24, 2.45) is 0 Å². The minimum absolute atomic E-state index is 0.0937. The zero-order valence-electron chi connectivity index (χ0n) is 14.8. The van der Waals surface area contributed by atoms with Crippen molar-refractivity contribution < 1.29 is 27.4 Å². The van der Waals surface area contributed by atoms with Crippen molar-refractivity contribution in [2.75, 3.05) is 12.1 Å². The van der Waals surface area contributed by atoms with Crippen LogP contribution in [0.2, 0.25) is 0 Å². The van der Waals surface area contributed by atoms with Gasteiger partial charge in [0.25, 0.3) is 0 Å². The normalized spacial score (nSPS) is 13.7. The smallest absolute Gasteiger partial charge is 0.417 e. The fraction of sp³-hybridized carbons (Fsp3) is 0.278. The summed E-state index contributed by atoms with van der Waals surface area (Å²) in [4.78, 5) is 16.5. The monoisotopic (exact) mass is 409 g/mol. The SMILES string of the molecule is Cc1cc(C(F)(F)F)c(C#N)c(SC(C)C(=O)Nc2ccc3c(c2)OCO3)n1. The Morgan fingerprint density at radius 3 is 2.71 bits per heavy atom. The summed E-state index contributed by atoms with van der Waals surface area (Å²) in [7, 11) is 0. The van der Waals surface area contributed by atoms with Crippen LogP contribution in [-0.4, -0.2) is 22.9 Å². The van der Waals surface area contributed by atoms with E-state index in [2.05, 4.69) is 10.3 Å². The van der Waals surface area contributed by atoms with Gasteiger partial charge < -0.3 is 14.8 Å². The number of carbonyl (C=O) groups excluding carboxylic acids is 1. The first kappa shape index (κ1) is 19.8. The van der Waals surface area contributed by atoms with Crippen LogP contribution in [0.3, 0.4) is 0 Å². The Morgan fingerprint density at radius 1 is 1.32 bits per heavy atom. The maximum atomic E-state index is 13.2. The highest BCUT2D eigenvalue weighted by atomic mass is 32.2. The summed E-state index contributed by atoms with van der Waals surface area (Å²) < 4.78 is 50.0. The molecule has 3 rings (SSSR count). The molecule has 1 aromatic carbocycles. The third-order valence-electron chi connectivity index (χ3n) is 3.83. The number of carbonyl (C=O) groups is 1. The predicted octanol–water partition coefficient (Wildman–Crippen LogP) is 4.13. The standard InChI is InChI=1S/C18H14F3N3O3S/c1-9-5-13(18(19,20)21)12(7-22)17(23-9)28-10(2)16(25)24-11-3-4-14-15(6-11)27-8-26-14/h3-6,10H,8H2,1-2H3,(H,24,25). The number of halogens is 3. The van der Waals surface area contributed by atoms with Crippen LogP contribution in [-0.2, 0) is 11.0 Å². The molecule has 10 heteroatoms. The molecule has 2 aromatic rings. The number of nitrogens with zero attached hydrogens (tertiary/aromatic N) is 2. The van der Waals surface area contributed by atoms with Gasteiger partial charge in [-0.3, -0.25) is 4.79 Å². The molecule has 1 aliphatic rings. The molecule has 1 unspecified atom stereocenters. The third-order valence-corrected chi connectivity index (χ3v) is 4.92. The van der Waals surface area contributed by atoms with Crippen molar-refractivity contribution >= 4 is 23.4 Å². The zero-order chi connectivity index (χ0) is 20.5. The van der Waals surface area contributed by atoms with E-state index in [4.69, 9.17) is 9.47 Å². The summed E-state index contributed by atoms with van der Waals surface area (Å²) in [5.41, 5.74) is -1.09. The molecule has 0 fully saturated rings. The molecule has 1 aromatic heterocycles. The van der Waals surface area contributed by atoms with Crippen LogP contribution in [0, 0.1) is 18.3 Å². The quantitative estimate of drug-likeness (QED) is 0.765. The van der Waals surface area contributed by atoms with Gasteiger partial charge in [-0.2, -0.15) is 18.4 Å². The lowest BCUT2D eigenvalue weighted by atomic mass is 10.1. The van der Waals surface area contributed by atoms with Gasteiger partial charge in [0.2, 0.25) is 12.7 Å². The number of ether oxygens (including phenoxy) is 2. The second-order valence-electron chi connectivity index (χ2n) is 5.92. The van der Waals surface area contributed by atoms with Gasteiger partial charge in [-0.05, 0) is 32.0 Å². The van der Waals surface area contributed by atoms with Crippen LogP contribution >= 0.6 is 11.8 Å². The Morgan fingerprint density at radius 2 is 2.04 bits per heavy atom. The number of nitrogens with one attached hydrogen (secondary N) is 1. The van der Waals surface area contributed by atoms with E-state index < -0.39 is 28.5 Å². The van der Waals surface area contributed by atoms with Crippen LogP contribution in [0.15, 0.2) is 29.3 Å². The number of aromatic nitrogens is 1. The Hall–Kier alpha value is -2.93. The maximum absolute atomic E-state index is 13.2. The molecule has 0 bridgehead atoms. The minimum atomic E-state index is -4.69. The van der Waals surface area contributed by atoms with Crippen LogP contribution in [0.5, 0.6) is 11.5 Å². The molecule has 2 heterocycles. The molecule has 1 aliphatic heterocycles. The lowest BCUT2D eigenvalue weighted by molar-refractivity contribution is -0.138. The Labute approximate surface area is 162 Å². The molecule has 6 nitrogen and oxygen atoms in total. The predicted molar refractivity (Wildman–Crippen MR) is 95.2 cm³/mol. The number of nitriles is 1. The molecule has 0 saturated heterocycles. The summed E-state index contributed by atoms with van der Waals surface area (Å²) >= 11 is 0.790. The summed E-state index contributed by atoms with van der Waals surface area (Å²) in [6, 6.07) is 7.22. The number of pyridine rings is 1. The van der Waals surface area contributed by atoms with E-state index >= 15 is 0 Å². The average molecular weight is 409 g/mol. The number of amides is 1. The van der Waals surface area contributed by atoms with Crippen LogP contribution in [0.4, 0.5) is 18.9 Å². The molecule has 1 N–H and O–H groups in total. The summed E-state index contributed by atoms with van der Waals surface area (Å²) in [5.74, 6) is 0.590. The maximum Gasteiger partial charge on any atom is 0.417 e. The van der Waals surface area contributed by atoms with Crippen molar-refractivity contribution in [2.45, 2.75) is 30.3 Å². The van der Waals surface area contributed by atoms with E-state index in [1.807, 2.05) is 0 Å². The lowest BCUT2D eigenvalue weighted by Gasteiger charge is -2.16. The van der Waals surface area contributed by atoms with Gasteiger partial charge >= 0.3 is 6.18 Å². The van der Waals surface area contributed by atoms with Gasteiger partial charge in [0.1, 0.15) is 11.1 Å². The molecule has 28 heavy (non-hydrogen) atoms. The lowest BCUT2D eigenvalue weighted by Crippen LogP contribution is -2.23. The fourth-order valence-corrected chi connectivity index (χ4v) is 3.47. The summed E-state index contributed by atoms with van der Waals surface area (Å²) in [6.45, 7) is 3.01. The van der Waals surface area contributed by atoms with Crippen LogP contribution in [0.25, 0.3) is 0 Å². The highest BCUT2D eigenvalue weighted by molar-refractivity contribution is 8.00. The number of hydrogen-bond acceptors (Lipinski definition) is 6. The topological polar surface area (TPSA) is 84.2 Å². The number of alkyl halides is 3. The molecule has 0 spiro atoms. The number of hydrogen-bond donors (Lipinski definition) is 1. The van der Waals surface area contributed by atoms with Gasteiger partial charge in [-0.25, -0.2) is 4.98 Å². The van der Waals surface area contributed by atoms with Gasteiger partial charge in [0, 0.05) is 17.4 Å². The van der Waals surface area contributed by atoms with E-state index in [1.165, 1.54) is 13.8 Å². The van der Waals surface area contributed by atoms with Gasteiger partial charge in [0.05, 0.1) is 16.4 Å². The number of aryl methyl sites for hydroxylation is 1. The highest BCUT2D eigenvalue weighted by Gasteiger charge is 2.36. The molecule has 0 radical (unpaired) electrons. The Bertz CT molecular complexity index is 973. The Kier molecular flexibility index (Phi) is 5.38. The molecule has 1 amide bonds. The van der Waals surface area contributed by atoms with E-state index in [-0.39, 0.29) is 17.5 Å². The fourth-order valence-electron chi connectivity index (χ4n) is 2.50. The third kappa shape index (κ3) is 4.14. The Balaban J connectivity index is 1.79. The second-order valence-corrected chi connectivity index (χ2v) is 7.25. The van der Waals surface area contributed by atoms with E-state index in [9.17, 15) is 23.2 Å². The van der Waals surface area contributed by atoms with Gasteiger partial charge in [0.15, 0.2) is 11.5 Å². The molecular formula is C18H14F3N3O3S. The van der Waals surface area contributed by atoms with E-state index in [0.717, 1.165) is 17.8 Å². The minimum Gasteiger partial charge on any atom is -0.454 e. The van der Waals surface area contributed by atoms with Crippen LogP contribution < -0.4 is 14.8 Å². The highest BCUT2D eigenvalue weighted by Crippen LogP contribution is 2.37. The van der Waals surface area contributed by atoms with Crippen molar-refractivity contribution in [3.63, 3.8) is 0 Å². The molecule has 146 valence electrons. The summed E-state index contributed by atoms with van der Waals surface area (Å²) in [6.07, 6.45) is -4.69. The van der Waals surface area contributed by atoms with E-state index in [0.29, 0.717) is 17.2 Å². The second kappa shape index (κ2) is 7.59. The molecular weight excluding hydrogens is 395 g/mol. The number of anilines is 1. The van der Waals surface area contributed by atoms with Crippen molar-refractivity contribution in [3.05, 3.63) is 41.1 Å². The summed E-state index contributed by atoms with van der Waals surface area (Å²) in [5, 5.41) is 10.9. The average Bonchev–Trinajstić information content (AvgIpc) is 3.08. The first-order valence-electron chi connectivity index (χ1n) is 8.05. The number of benzene rings is 1. The molecule has 0 saturated carbocycles. The van der Waals surface area contributed by atoms with Crippen molar-refractivity contribution in [1.29, 1.82) is 5.26 Å². The van der Waals surface area contributed by atoms with E-state index in [1.54, 1.807) is 24.3 Å². The first-order valence-corrected chi connectivity index (χ1v) is 8.93. The number of thioether (sulfide) groups is 1. The van der Waals surface area contributed by atoms with Gasteiger partial charge in [-0.1, -0.05) is 11.8 Å². The van der Waals surface area contributed by atoms with Crippen molar-refractivity contribution in [3.8, 4) is 17.6 Å². The first-order chi connectivity index (χ1) is 13.2. The molecule has 0 aliphatic carbocycles. The number of fused-ring (bicyclic) bond motifs is 1. The van der Waals surface area contributed by atoms with Crippen LogP contribution in [0.1, 0.15) is 23.7 Å². The zero-order valence-corrected chi connectivity index (χ0v) is 15.6. The largest absolute Gasteiger partial charge is 0.454 e. The number of rotatable bonds is 4. The molecule has 1 atom stereocenters. The van der Waals surface area contributed by atoms with Crippen molar-refractivity contribution in [1.82, 2.24) is 4.98 Å².